The van der Waals surface area contributed by atoms with Crippen molar-refractivity contribution in [1.29, 1.82) is 0 Å². The first-order valence-corrected chi connectivity index (χ1v) is 8.06. The summed E-state index contributed by atoms with van der Waals surface area (Å²) in [6.07, 6.45) is 2.05. The Balaban J connectivity index is 2.31. The topological polar surface area (TPSA) is 50.5 Å². The van der Waals surface area contributed by atoms with Crippen molar-refractivity contribution < 1.29 is 9.84 Å². The van der Waals surface area contributed by atoms with Crippen LogP contribution < -0.4 is 0 Å². The fraction of sp³-hybridized carbons (Fsp3) is 0.786. The number of morpholine rings is 1. The molecule has 1 saturated heterocycles. The van der Waals surface area contributed by atoms with Gasteiger partial charge in [0.05, 0.1) is 29.6 Å². The zero-order valence-corrected chi connectivity index (χ0v) is 14.1. The van der Waals surface area contributed by atoms with E-state index in [1.165, 1.54) is 0 Å². The molecule has 2 heterocycles. The molecule has 0 amide bonds. The summed E-state index contributed by atoms with van der Waals surface area (Å²) >= 11 is 3.52. The number of aliphatic hydroxyl groups is 1. The van der Waals surface area contributed by atoms with E-state index in [4.69, 9.17) is 4.74 Å². The molecule has 1 aliphatic heterocycles. The molecular formula is C14H24BrN3O2. The normalized spacial score (nSPS) is 21.6. The number of hydrogen-bond donors (Lipinski definition) is 1. The van der Waals surface area contributed by atoms with Crippen LogP contribution in [0.4, 0.5) is 0 Å². The molecule has 0 aliphatic carbocycles. The van der Waals surface area contributed by atoms with Gasteiger partial charge in [-0.15, -0.1) is 0 Å². The van der Waals surface area contributed by atoms with Crippen LogP contribution in [0.2, 0.25) is 0 Å². The summed E-state index contributed by atoms with van der Waals surface area (Å²) in [5, 5.41) is 15.3. The molecule has 0 saturated carbocycles. The Hall–Kier alpha value is -0.430. The van der Waals surface area contributed by atoms with Crippen LogP contribution in [0.3, 0.4) is 0 Å². The maximum atomic E-state index is 11.0. The monoisotopic (exact) mass is 345 g/mol. The number of aliphatic hydroxyl groups excluding tert-OH is 1. The second-order valence-corrected chi connectivity index (χ2v) is 6.26. The Morgan fingerprint density at radius 2 is 2.10 bits per heavy atom. The van der Waals surface area contributed by atoms with Crippen molar-refractivity contribution in [1.82, 2.24) is 14.7 Å². The van der Waals surface area contributed by atoms with E-state index < -0.39 is 6.10 Å². The third-order valence-corrected chi connectivity index (χ3v) is 5.04. The fourth-order valence-corrected chi connectivity index (χ4v) is 3.37. The number of nitrogens with zero attached hydrogens (tertiary/aromatic N) is 3. The Bertz CT molecular complexity index is 446. The second kappa shape index (κ2) is 6.56. The van der Waals surface area contributed by atoms with Gasteiger partial charge in [0.1, 0.15) is 6.10 Å². The summed E-state index contributed by atoms with van der Waals surface area (Å²) in [5.74, 6) is 0. The highest BCUT2D eigenvalue weighted by Gasteiger charge is 2.41. The largest absolute Gasteiger partial charge is 0.385 e. The van der Waals surface area contributed by atoms with Crippen LogP contribution in [0.15, 0.2) is 10.7 Å². The first kappa shape index (κ1) is 15.9. The van der Waals surface area contributed by atoms with Gasteiger partial charge in [0, 0.05) is 25.2 Å². The van der Waals surface area contributed by atoms with Gasteiger partial charge < -0.3 is 9.84 Å². The Morgan fingerprint density at radius 3 is 2.65 bits per heavy atom. The zero-order chi connectivity index (χ0) is 14.8. The lowest BCUT2D eigenvalue weighted by molar-refractivity contribution is -0.0760. The summed E-state index contributed by atoms with van der Waals surface area (Å²) in [6, 6.07) is 0. The lowest BCUT2D eigenvalue weighted by Crippen LogP contribution is -2.55. The van der Waals surface area contributed by atoms with E-state index >= 15 is 0 Å². The van der Waals surface area contributed by atoms with Crippen molar-refractivity contribution in [3.05, 3.63) is 16.4 Å². The van der Waals surface area contributed by atoms with Gasteiger partial charge in [0.25, 0.3) is 0 Å². The molecule has 6 heteroatoms. The van der Waals surface area contributed by atoms with Gasteiger partial charge >= 0.3 is 0 Å². The first-order valence-electron chi connectivity index (χ1n) is 7.26. The van der Waals surface area contributed by atoms with Crippen molar-refractivity contribution in [2.45, 2.75) is 45.4 Å². The lowest BCUT2D eigenvalue weighted by atomic mass is 9.87. The molecule has 1 fully saturated rings. The van der Waals surface area contributed by atoms with Gasteiger partial charge in [-0.05, 0) is 36.2 Å². The average Bonchev–Trinajstić information content (AvgIpc) is 2.87. The van der Waals surface area contributed by atoms with Crippen LogP contribution in [0.1, 0.15) is 39.0 Å². The number of aryl methyl sites for hydroxylation is 1. The summed E-state index contributed by atoms with van der Waals surface area (Å²) in [5.41, 5.74) is 0.558. The molecule has 2 unspecified atom stereocenters. The van der Waals surface area contributed by atoms with E-state index in [2.05, 4.69) is 39.8 Å². The van der Waals surface area contributed by atoms with Gasteiger partial charge in [-0.1, -0.05) is 6.92 Å². The summed E-state index contributed by atoms with van der Waals surface area (Å²) in [6.45, 7) is 10.2. The van der Waals surface area contributed by atoms with Crippen LogP contribution in [-0.4, -0.2) is 51.6 Å². The SMILES string of the molecule is CCn1ncc(Br)c1C(O)C(C)(CC)N1CCOCC1. The first-order chi connectivity index (χ1) is 9.54. The maximum Gasteiger partial charge on any atom is 0.115 e. The van der Waals surface area contributed by atoms with Gasteiger partial charge in [0.2, 0.25) is 0 Å². The van der Waals surface area contributed by atoms with Crippen molar-refractivity contribution in [2.24, 2.45) is 0 Å². The number of halogens is 1. The Labute approximate surface area is 129 Å². The molecule has 1 aromatic heterocycles. The highest BCUT2D eigenvalue weighted by Crippen LogP contribution is 2.37. The molecule has 1 aromatic rings. The molecule has 2 rings (SSSR count). The summed E-state index contributed by atoms with van der Waals surface area (Å²) in [7, 11) is 0. The molecule has 114 valence electrons. The third-order valence-electron chi connectivity index (χ3n) is 4.43. The number of rotatable bonds is 5. The number of hydrogen-bond acceptors (Lipinski definition) is 4. The standard InChI is InChI=1S/C14H24BrN3O2/c1-4-14(3,17-6-8-20-9-7-17)13(19)12-11(15)10-16-18(12)5-2/h10,13,19H,4-9H2,1-3H3. The van der Waals surface area contributed by atoms with Crippen LogP contribution in [0, 0.1) is 0 Å². The van der Waals surface area contributed by atoms with Crippen LogP contribution >= 0.6 is 15.9 Å². The van der Waals surface area contributed by atoms with Crippen molar-refractivity contribution in [2.75, 3.05) is 26.3 Å². The minimum Gasteiger partial charge on any atom is -0.385 e. The molecule has 1 N–H and O–H groups in total. The third kappa shape index (κ3) is 2.79. The van der Waals surface area contributed by atoms with E-state index in [9.17, 15) is 5.11 Å². The highest BCUT2D eigenvalue weighted by molar-refractivity contribution is 9.10. The summed E-state index contributed by atoms with van der Waals surface area (Å²) < 4.78 is 8.17. The number of aromatic nitrogens is 2. The smallest absolute Gasteiger partial charge is 0.115 e. The van der Waals surface area contributed by atoms with E-state index in [0.29, 0.717) is 0 Å². The highest BCUT2D eigenvalue weighted by atomic mass is 79.9. The molecule has 0 aromatic carbocycles. The molecule has 0 bridgehead atoms. The van der Waals surface area contributed by atoms with E-state index in [1.54, 1.807) is 6.20 Å². The molecule has 1 aliphatic rings. The molecule has 0 radical (unpaired) electrons. The van der Waals surface area contributed by atoms with Gasteiger partial charge in [-0.25, -0.2) is 0 Å². The predicted molar refractivity (Wildman–Crippen MR) is 81.6 cm³/mol. The summed E-state index contributed by atoms with van der Waals surface area (Å²) in [4.78, 5) is 2.33. The van der Waals surface area contributed by atoms with E-state index in [1.807, 2.05) is 11.6 Å². The predicted octanol–water partition coefficient (Wildman–Crippen LogP) is 2.20. The molecule has 5 nitrogen and oxygen atoms in total. The minimum absolute atomic E-state index is 0.306. The maximum absolute atomic E-state index is 11.0. The molecular weight excluding hydrogens is 322 g/mol. The average molecular weight is 346 g/mol. The number of ether oxygens (including phenoxy) is 1. The molecule has 0 spiro atoms. The van der Waals surface area contributed by atoms with E-state index in [-0.39, 0.29) is 5.54 Å². The quantitative estimate of drug-likeness (QED) is 0.888. The zero-order valence-electron chi connectivity index (χ0n) is 12.5. The van der Waals surface area contributed by atoms with Gasteiger partial charge in [-0.3, -0.25) is 9.58 Å². The fourth-order valence-electron chi connectivity index (χ4n) is 2.85. The second-order valence-electron chi connectivity index (χ2n) is 5.41. The molecule has 2 atom stereocenters. The van der Waals surface area contributed by atoms with Crippen LogP contribution in [0.5, 0.6) is 0 Å². The Morgan fingerprint density at radius 1 is 1.45 bits per heavy atom. The Kier molecular flexibility index (Phi) is 5.23. The van der Waals surface area contributed by atoms with E-state index in [0.717, 1.165) is 49.4 Å². The van der Waals surface area contributed by atoms with Gasteiger partial charge in [-0.2, -0.15) is 5.10 Å². The molecule has 20 heavy (non-hydrogen) atoms. The van der Waals surface area contributed by atoms with Crippen LogP contribution in [0.25, 0.3) is 0 Å². The van der Waals surface area contributed by atoms with Crippen LogP contribution in [-0.2, 0) is 11.3 Å². The van der Waals surface area contributed by atoms with Crippen molar-refractivity contribution in [3.8, 4) is 0 Å². The van der Waals surface area contributed by atoms with Crippen molar-refractivity contribution in [3.63, 3.8) is 0 Å². The van der Waals surface area contributed by atoms with Crippen molar-refractivity contribution >= 4 is 15.9 Å². The minimum atomic E-state index is -0.581. The van der Waals surface area contributed by atoms with Gasteiger partial charge in [0.15, 0.2) is 0 Å². The lowest BCUT2D eigenvalue weighted by Gasteiger charge is -2.45.